The quantitative estimate of drug-likeness (QED) is 0.786. The van der Waals surface area contributed by atoms with E-state index in [-0.39, 0.29) is 21.3 Å². The standard InChI is InChI=1S/C11H6Cl2FNO2S/c1-17-11(16)9-7(13)10(18-15-9)5-3-2-4-6(12)8(5)14/h2-4H,1H3. The van der Waals surface area contributed by atoms with Crippen molar-refractivity contribution in [3.63, 3.8) is 0 Å². The van der Waals surface area contributed by atoms with Crippen molar-refractivity contribution in [2.45, 2.75) is 0 Å². The molecule has 18 heavy (non-hydrogen) atoms. The lowest BCUT2D eigenvalue weighted by Gasteiger charge is -2.02. The molecule has 0 spiro atoms. The molecule has 2 rings (SSSR count). The maximum absolute atomic E-state index is 13.8. The molecule has 3 nitrogen and oxygen atoms in total. The van der Waals surface area contributed by atoms with Gasteiger partial charge >= 0.3 is 5.97 Å². The van der Waals surface area contributed by atoms with Crippen molar-refractivity contribution in [3.05, 3.63) is 39.8 Å². The van der Waals surface area contributed by atoms with Crippen LogP contribution in [0, 0.1) is 5.82 Å². The Labute approximate surface area is 116 Å². The Morgan fingerprint density at radius 1 is 1.44 bits per heavy atom. The average molecular weight is 306 g/mol. The number of rotatable bonds is 2. The number of hydrogen-bond acceptors (Lipinski definition) is 4. The molecule has 0 saturated carbocycles. The van der Waals surface area contributed by atoms with Crippen molar-refractivity contribution in [1.29, 1.82) is 0 Å². The van der Waals surface area contributed by atoms with E-state index in [1.54, 1.807) is 6.07 Å². The molecule has 0 aliphatic carbocycles. The lowest BCUT2D eigenvalue weighted by molar-refractivity contribution is 0.0595. The Balaban J connectivity index is 2.56. The van der Waals surface area contributed by atoms with Crippen molar-refractivity contribution in [3.8, 4) is 10.4 Å². The number of carbonyl (C=O) groups excluding carboxylic acids is 1. The molecule has 0 aliphatic heterocycles. The van der Waals surface area contributed by atoms with Gasteiger partial charge in [0.05, 0.1) is 22.0 Å². The molecule has 0 fully saturated rings. The minimum Gasteiger partial charge on any atom is -0.464 e. The highest BCUT2D eigenvalue weighted by molar-refractivity contribution is 7.10. The van der Waals surface area contributed by atoms with Gasteiger partial charge in [0.2, 0.25) is 0 Å². The Morgan fingerprint density at radius 2 is 2.17 bits per heavy atom. The number of aromatic nitrogens is 1. The molecule has 1 heterocycles. The zero-order valence-corrected chi connectivity index (χ0v) is 11.4. The molecule has 2 aromatic rings. The van der Waals surface area contributed by atoms with Gasteiger partial charge in [0, 0.05) is 5.56 Å². The molecule has 0 N–H and O–H groups in total. The lowest BCUT2D eigenvalue weighted by atomic mass is 10.1. The van der Waals surface area contributed by atoms with E-state index in [0.717, 1.165) is 11.5 Å². The SMILES string of the molecule is COC(=O)c1nsc(-c2cccc(Cl)c2F)c1Cl. The molecule has 0 aliphatic rings. The van der Waals surface area contributed by atoms with Crippen LogP contribution in [0.15, 0.2) is 18.2 Å². The fourth-order valence-electron chi connectivity index (χ4n) is 1.35. The van der Waals surface area contributed by atoms with Gasteiger partial charge < -0.3 is 4.74 Å². The highest BCUT2D eigenvalue weighted by Crippen LogP contribution is 2.37. The van der Waals surface area contributed by atoms with Crippen molar-refractivity contribution in [2.24, 2.45) is 0 Å². The van der Waals surface area contributed by atoms with E-state index in [9.17, 15) is 9.18 Å². The minimum absolute atomic E-state index is 0.0171. The van der Waals surface area contributed by atoms with Gasteiger partial charge in [0.15, 0.2) is 11.5 Å². The Bertz CT molecular complexity index is 615. The lowest BCUT2D eigenvalue weighted by Crippen LogP contribution is -2.01. The second kappa shape index (κ2) is 5.22. The highest BCUT2D eigenvalue weighted by Gasteiger charge is 2.22. The Kier molecular flexibility index (Phi) is 3.85. The maximum atomic E-state index is 13.8. The molecule has 0 bridgehead atoms. The summed E-state index contributed by atoms with van der Waals surface area (Å²) in [4.78, 5) is 11.7. The van der Waals surface area contributed by atoms with E-state index in [0.29, 0.717) is 4.88 Å². The third kappa shape index (κ3) is 2.21. The van der Waals surface area contributed by atoms with Gasteiger partial charge in [-0.05, 0) is 17.6 Å². The molecule has 0 saturated heterocycles. The van der Waals surface area contributed by atoms with Crippen LogP contribution in [0.2, 0.25) is 10.0 Å². The predicted octanol–water partition coefficient (Wildman–Crippen LogP) is 4.04. The smallest absolute Gasteiger partial charge is 0.359 e. The summed E-state index contributed by atoms with van der Waals surface area (Å²) in [6.07, 6.45) is 0. The van der Waals surface area contributed by atoms with E-state index in [2.05, 4.69) is 9.11 Å². The van der Waals surface area contributed by atoms with E-state index < -0.39 is 11.8 Å². The third-order valence-corrected chi connectivity index (χ3v) is 3.86. The first-order valence-corrected chi connectivity index (χ1v) is 6.27. The normalized spacial score (nSPS) is 10.4. The van der Waals surface area contributed by atoms with Crippen molar-refractivity contribution < 1.29 is 13.9 Å². The molecule has 1 aromatic carbocycles. The van der Waals surface area contributed by atoms with Crippen LogP contribution < -0.4 is 0 Å². The summed E-state index contributed by atoms with van der Waals surface area (Å²) in [5, 5.41) is 0.0459. The van der Waals surface area contributed by atoms with Gasteiger partial charge in [-0.2, -0.15) is 4.37 Å². The number of ether oxygens (including phenoxy) is 1. The van der Waals surface area contributed by atoms with Gasteiger partial charge in [-0.1, -0.05) is 35.3 Å². The fraction of sp³-hybridized carbons (Fsp3) is 0.0909. The number of hydrogen-bond donors (Lipinski definition) is 0. The van der Waals surface area contributed by atoms with Crippen molar-refractivity contribution in [1.82, 2.24) is 4.37 Å². The number of methoxy groups -OCH3 is 1. The summed E-state index contributed by atoms with van der Waals surface area (Å²) in [5.41, 5.74) is 0.179. The second-order valence-electron chi connectivity index (χ2n) is 3.27. The second-order valence-corrected chi connectivity index (χ2v) is 4.83. The van der Waals surface area contributed by atoms with Gasteiger partial charge in [0.1, 0.15) is 0 Å². The van der Waals surface area contributed by atoms with Gasteiger partial charge in [-0.3, -0.25) is 0 Å². The average Bonchev–Trinajstić information content (AvgIpc) is 2.74. The summed E-state index contributed by atoms with van der Waals surface area (Å²) < 4.78 is 22.2. The van der Waals surface area contributed by atoms with Gasteiger partial charge in [0.25, 0.3) is 0 Å². The van der Waals surface area contributed by atoms with Crippen LogP contribution in [0.1, 0.15) is 10.5 Å². The van der Waals surface area contributed by atoms with Crippen molar-refractivity contribution >= 4 is 40.7 Å². The van der Waals surface area contributed by atoms with Gasteiger partial charge in [-0.15, -0.1) is 0 Å². The molecule has 0 radical (unpaired) electrons. The number of nitrogens with zero attached hydrogens (tertiary/aromatic N) is 1. The molecule has 0 unspecified atom stereocenters. The van der Waals surface area contributed by atoms with Gasteiger partial charge in [-0.25, -0.2) is 9.18 Å². The van der Waals surface area contributed by atoms with E-state index in [4.69, 9.17) is 23.2 Å². The molecular formula is C11H6Cl2FNO2S. The summed E-state index contributed by atoms with van der Waals surface area (Å²) in [7, 11) is 1.22. The van der Waals surface area contributed by atoms with Crippen LogP contribution in [-0.4, -0.2) is 17.5 Å². The molecule has 0 amide bonds. The zero-order valence-electron chi connectivity index (χ0n) is 9.04. The third-order valence-electron chi connectivity index (χ3n) is 2.21. The summed E-state index contributed by atoms with van der Waals surface area (Å²) in [5.74, 6) is -1.26. The number of carbonyl (C=O) groups is 1. The first kappa shape index (κ1) is 13.3. The summed E-state index contributed by atoms with van der Waals surface area (Å²) in [6.45, 7) is 0. The number of benzene rings is 1. The molecule has 7 heteroatoms. The Morgan fingerprint density at radius 3 is 2.83 bits per heavy atom. The number of esters is 1. The van der Waals surface area contributed by atoms with Crippen molar-refractivity contribution in [2.75, 3.05) is 7.11 Å². The van der Waals surface area contributed by atoms with Crippen LogP contribution in [0.4, 0.5) is 4.39 Å². The molecular weight excluding hydrogens is 300 g/mol. The maximum Gasteiger partial charge on any atom is 0.359 e. The predicted molar refractivity (Wildman–Crippen MR) is 68.9 cm³/mol. The van der Waals surface area contributed by atoms with Crippen LogP contribution in [-0.2, 0) is 4.74 Å². The summed E-state index contributed by atoms with van der Waals surface area (Å²) in [6, 6.07) is 4.53. The molecule has 0 atom stereocenters. The highest BCUT2D eigenvalue weighted by atomic mass is 35.5. The largest absolute Gasteiger partial charge is 0.464 e. The van der Waals surface area contributed by atoms with E-state index in [1.807, 2.05) is 0 Å². The first-order chi connectivity index (χ1) is 8.56. The van der Waals surface area contributed by atoms with Crippen LogP contribution in [0.5, 0.6) is 0 Å². The van der Waals surface area contributed by atoms with E-state index in [1.165, 1.54) is 19.2 Å². The van der Waals surface area contributed by atoms with Crippen LogP contribution in [0.3, 0.4) is 0 Å². The fourth-order valence-corrected chi connectivity index (χ4v) is 2.68. The first-order valence-electron chi connectivity index (χ1n) is 4.74. The molecule has 1 aromatic heterocycles. The molecule has 94 valence electrons. The topological polar surface area (TPSA) is 39.2 Å². The monoisotopic (exact) mass is 305 g/mol. The van der Waals surface area contributed by atoms with E-state index >= 15 is 0 Å². The number of halogens is 3. The van der Waals surface area contributed by atoms with Crippen LogP contribution >= 0.6 is 34.7 Å². The Hall–Kier alpha value is -1.17. The summed E-state index contributed by atoms with van der Waals surface area (Å²) >= 11 is 12.6. The van der Waals surface area contributed by atoms with Crippen LogP contribution in [0.25, 0.3) is 10.4 Å². The minimum atomic E-state index is -0.662. The zero-order chi connectivity index (χ0) is 13.3.